The van der Waals surface area contributed by atoms with Gasteiger partial charge in [-0.15, -0.1) is 0 Å². The van der Waals surface area contributed by atoms with Crippen LogP contribution in [0.25, 0.3) is 21.8 Å². The first-order valence-corrected chi connectivity index (χ1v) is 9.28. The molecule has 2 aromatic heterocycles. The van der Waals surface area contributed by atoms with Crippen LogP contribution in [0.1, 0.15) is 16.1 Å². The lowest BCUT2D eigenvalue weighted by Gasteiger charge is -2.08. The molecule has 0 bridgehead atoms. The third-order valence-corrected chi connectivity index (χ3v) is 4.94. The summed E-state index contributed by atoms with van der Waals surface area (Å²) in [5.41, 5.74) is 3.60. The Balaban J connectivity index is 1.28. The number of H-pyrrole nitrogens is 1. The Morgan fingerprint density at radius 2 is 1.75 bits per heavy atom. The number of aromatic amines is 1. The lowest BCUT2D eigenvalue weighted by Crippen LogP contribution is -2.35. The fourth-order valence-electron chi connectivity index (χ4n) is 3.49. The summed E-state index contributed by atoms with van der Waals surface area (Å²) in [5, 5.41) is 7.81. The first-order valence-electron chi connectivity index (χ1n) is 9.28. The SMILES string of the molecule is Cn1c(C(=O)NCCNC(=O)Cc2c[nH]c3ccccc23)cc2ccccc21. The fourth-order valence-corrected chi connectivity index (χ4v) is 3.49. The van der Waals surface area contributed by atoms with Crippen molar-refractivity contribution in [2.75, 3.05) is 13.1 Å². The number of aromatic nitrogens is 2. The zero-order valence-corrected chi connectivity index (χ0v) is 15.7. The van der Waals surface area contributed by atoms with Crippen LogP contribution in [-0.4, -0.2) is 34.5 Å². The Hall–Kier alpha value is -3.54. The van der Waals surface area contributed by atoms with Gasteiger partial charge in [0.15, 0.2) is 0 Å². The number of para-hydroxylation sites is 2. The molecule has 0 aliphatic rings. The Bertz CT molecular complexity index is 1160. The van der Waals surface area contributed by atoms with Gasteiger partial charge in [0.1, 0.15) is 5.69 Å². The second-order valence-corrected chi connectivity index (χ2v) is 6.79. The van der Waals surface area contributed by atoms with Crippen molar-refractivity contribution >= 4 is 33.6 Å². The average Bonchev–Trinajstić information content (AvgIpc) is 3.27. The summed E-state index contributed by atoms with van der Waals surface area (Å²) in [5.74, 6) is -0.215. The molecule has 28 heavy (non-hydrogen) atoms. The third-order valence-electron chi connectivity index (χ3n) is 4.94. The minimum absolute atomic E-state index is 0.0661. The topological polar surface area (TPSA) is 78.9 Å². The molecule has 2 aromatic carbocycles. The molecule has 0 aliphatic heterocycles. The van der Waals surface area contributed by atoms with Crippen LogP contribution >= 0.6 is 0 Å². The van der Waals surface area contributed by atoms with Crippen LogP contribution in [-0.2, 0) is 18.3 Å². The second-order valence-electron chi connectivity index (χ2n) is 6.79. The molecule has 4 rings (SSSR count). The zero-order chi connectivity index (χ0) is 19.5. The first-order chi connectivity index (χ1) is 13.6. The number of carbonyl (C=O) groups is 2. The molecule has 0 unspecified atom stereocenters. The van der Waals surface area contributed by atoms with E-state index in [4.69, 9.17) is 0 Å². The molecule has 0 saturated carbocycles. The van der Waals surface area contributed by atoms with E-state index in [1.54, 1.807) is 0 Å². The van der Waals surface area contributed by atoms with Crippen molar-refractivity contribution in [2.45, 2.75) is 6.42 Å². The summed E-state index contributed by atoms with van der Waals surface area (Å²) in [4.78, 5) is 27.8. The number of nitrogens with one attached hydrogen (secondary N) is 3. The van der Waals surface area contributed by atoms with Crippen LogP contribution in [0.3, 0.4) is 0 Å². The van der Waals surface area contributed by atoms with Crippen molar-refractivity contribution in [2.24, 2.45) is 7.05 Å². The maximum atomic E-state index is 12.4. The van der Waals surface area contributed by atoms with Gasteiger partial charge in [-0.25, -0.2) is 0 Å². The zero-order valence-electron chi connectivity index (χ0n) is 15.7. The molecule has 3 N–H and O–H groups in total. The third kappa shape index (κ3) is 3.49. The standard InChI is InChI=1S/C22H22N4O2/c1-26-19-9-5-2-6-15(19)12-20(26)22(28)24-11-10-23-21(27)13-16-14-25-18-8-4-3-7-17(16)18/h2-9,12,14,25H,10-11,13H2,1H3,(H,23,27)(H,24,28). The molecular formula is C22H22N4O2. The van der Waals surface area contributed by atoms with E-state index in [2.05, 4.69) is 15.6 Å². The van der Waals surface area contributed by atoms with Crippen LogP contribution in [0.15, 0.2) is 60.8 Å². The average molecular weight is 374 g/mol. The highest BCUT2D eigenvalue weighted by molar-refractivity contribution is 5.98. The van der Waals surface area contributed by atoms with Gasteiger partial charge in [0.05, 0.1) is 6.42 Å². The summed E-state index contributed by atoms with van der Waals surface area (Å²) in [6.07, 6.45) is 2.17. The van der Waals surface area contributed by atoms with Crippen LogP contribution in [0.2, 0.25) is 0 Å². The highest BCUT2D eigenvalue weighted by atomic mass is 16.2. The van der Waals surface area contributed by atoms with E-state index in [0.717, 1.165) is 27.4 Å². The van der Waals surface area contributed by atoms with Crippen molar-refractivity contribution in [3.8, 4) is 0 Å². The largest absolute Gasteiger partial charge is 0.361 e. The van der Waals surface area contributed by atoms with E-state index >= 15 is 0 Å². The van der Waals surface area contributed by atoms with Gasteiger partial charge in [-0.1, -0.05) is 36.4 Å². The quantitative estimate of drug-likeness (QED) is 0.454. The number of carbonyl (C=O) groups excluding carboxylic acids is 2. The van der Waals surface area contributed by atoms with Crippen molar-refractivity contribution < 1.29 is 9.59 Å². The van der Waals surface area contributed by atoms with E-state index in [-0.39, 0.29) is 11.8 Å². The maximum Gasteiger partial charge on any atom is 0.267 e. The van der Waals surface area contributed by atoms with E-state index in [1.165, 1.54) is 0 Å². The van der Waals surface area contributed by atoms with Crippen LogP contribution < -0.4 is 10.6 Å². The molecule has 0 aliphatic carbocycles. The number of nitrogens with zero attached hydrogens (tertiary/aromatic N) is 1. The Labute approximate surface area is 162 Å². The van der Waals surface area contributed by atoms with Gasteiger partial charge >= 0.3 is 0 Å². The van der Waals surface area contributed by atoms with Crippen LogP contribution in [0.5, 0.6) is 0 Å². The van der Waals surface area contributed by atoms with Crippen LogP contribution in [0, 0.1) is 0 Å². The first kappa shape index (κ1) is 17.9. The fraction of sp³-hybridized carbons (Fsp3) is 0.182. The summed E-state index contributed by atoms with van der Waals surface area (Å²) in [6.45, 7) is 0.761. The maximum absolute atomic E-state index is 12.4. The van der Waals surface area contributed by atoms with Gasteiger partial charge < -0.3 is 20.2 Å². The molecular weight excluding hydrogens is 352 g/mol. The lowest BCUT2D eigenvalue weighted by molar-refractivity contribution is -0.120. The van der Waals surface area contributed by atoms with Gasteiger partial charge in [0.25, 0.3) is 5.91 Å². The number of fused-ring (bicyclic) bond motifs is 2. The summed E-state index contributed by atoms with van der Waals surface area (Å²) >= 11 is 0. The number of benzene rings is 2. The lowest BCUT2D eigenvalue weighted by atomic mass is 10.1. The van der Waals surface area contributed by atoms with Gasteiger partial charge in [0.2, 0.25) is 5.91 Å². The highest BCUT2D eigenvalue weighted by Crippen LogP contribution is 2.19. The number of aryl methyl sites for hydroxylation is 1. The van der Waals surface area contributed by atoms with E-state index < -0.39 is 0 Å². The minimum Gasteiger partial charge on any atom is -0.361 e. The molecule has 2 amide bonds. The Morgan fingerprint density at radius 1 is 1.00 bits per heavy atom. The predicted octanol–water partition coefficient (Wildman–Crippen LogP) is 2.75. The van der Waals surface area contributed by atoms with E-state index in [0.29, 0.717) is 25.2 Å². The predicted molar refractivity (Wildman–Crippen MR) is 110 cm³/mol. The molecule has 0 spiro atoms. The van der Waals surface area contributed by atoms with Crippen molar-refractivity contribution in [1.29, 1.82) is 0 Å². The monoisotopic (exact) mass is 374 g/mol. The number of hydrogen-bond donors (Lipinski definition) is 3. The molecule has 6 nitrogen and oxygen atoms in total. The Morgan fingerprint density at radius 3 is 2.61 bits per heavy atom. The van der Waals surface area contributed by atoms with E-state index in [9.17, 15) is 9.59 Å². The van der Waals surface area contributed by atoms with Gasteiger partial charge in [0, 0.05) is 48.1 Å². The molecule has 4 aromatic rings. The molecule has 142 valence electrons. The van der Waals surface area contributed by atoms with Crippen molar-refractivity contribution in [3.05, 3.63) is 72.1 Å². The van der Waals surface area contributed by atoms with E-state index in [1.807, 2.05) is 72.4 Å². The Kier molecular flexibility index (Phi) is 4.85. The number of rotatable bonds is 6. The van der Waals surface area contributed by atoms with Gasteiger partial charge in [-0.2, -0.15) is 0 Å². The van der Waals surface area contributed by atoms with Gasteiger partial charge in [-0.05, 0) is 23.8 Å². The molecule has 2 heterocycles. The summed E-state index contributed by atoms with van der Waals surface area (Å²) in [7, 11) is 1.88. The van der Waals surface area contributed by atoms with Crippen molar-refractivity contribution in [1.82, 2.24) is 20.2 Å². The molecule has 0 fully saturated rings. The van der Waals surface area contributed by atoms with Crippen molar-refractivity contribution in [3.63, 3.8) is 0 Å². The molecule has 0 saturated heterocycles. The normalized spacial score (nSPS) is 11.0. The number of amides is 2. The number of hydrogen-bond acceptors (Lipinski definition) is 2. The van der Waals surface area contributed by atoms with Gasteiger partial charge in [-0.3, -0.25) is 9.59 Å². The summed E-state index contributed by atoms with van der Waals surface area (Å²) < 4.78 is 1.88. The minimum atomic E-state index is -0.149. The smallest absolute Gasteiger partial charge is 0.267 e. The molecule has 0 radical (unpaired) electrons. The second kappa shape index (κ2) is 7.60. The van der Waals surface area contributed by atoms with Crippen LogP contribution in [0.4, 0.5) is 0 Å². The highest BCUT2D eigenvalue weighted by Gasteiger charge is 2.13. The summed E-state index contributed by atoms with van der Waals surface area (Å²) in [6, 6.07) is 17.6. The molecule has 0 atom stereocenters. The molecule has 6 heteroatoms.